The highest BCUT2D eigenvalue weighted by atomic mass is 35.5. The number of carbonyl (C=O) groups excluding carboxylic acids is 1. The number of carbonyl (C=O) groups is 1. The van der Waals surface area contributed by atoms with Gasteiger partial charge in [0.25, 0.3) is 0 Å². The second-order valence-corrected chi connectivity index (χ2v) is 6.93. The summed E-state index contributed by atoms with van der Waals surface area (Å²) in [4.78, 5) is 12.2. The van der Waals surface area contributed by atoms with E-state index in [0.29, 0.717) is 10.6 Å². The molecule has 0 saturated carbocycles. The quantitative estimate of drug-likeness (QED) is 0.635. The number of aromatic nitrogens is 2. The van der Waals surface area contributed by atoms with Gasteiger partial charge in [0.1, 0.15) is 5.01 Å². The molecule has 0 aliphatic rings. The lowest BCUT2D eigenvalue weighted by Crippen LogP contribution is -2.13. The summed E-state index contributed by atoms with van der Waals surface area (Å²) < 4.78 is 0.815. The highest BCUT2D eigenvalue weighted by Gasteiger charge is 2.18. The Morgan fingerprint density at radius 2 is 2.22 bits per heavy atom. The molecule has 18 heavy (non-hydrogen) atoms. The Morgan fingerprint density at radius 1 is 1.44 bits per heavy atom. The fourth-order valence-corrected chi connectivity index (χ4v) is 3.63. The van der Waals surface area contributed by atoms with Crippen LogP contribution in [0, 0.1) is 6.92 Å². The number of halogens is 1. The number of aryl methyl sites for hydroxylation is 1. The van der Waals surface area contributed by atoms with Gasteiger partial charge in [0.05, 0.1) is 5.25 Å². The van der Waals surface area contributed by atoms with Crippen LogP contribution in [-0.4, -0.2) is 21.2 Å². The van der Waals surface area contributed by atoms with Crippen molar-refractivity contribution in [3.8, 4) is 0 Å². The lowest BCUT2D eigenvalue weighted by molar-refractivity contribution is 0.0994. The molecule has 0 bridgehead atoms. The summed E-state index contributed by atoms with van der Waals surface area (Å²) in [6.45, 7) is 3.76. The Balaban J connectivity index is 2.09. The van der Waals surface area contributed by atoms with E-state index in [9.17, 15) is 4.79 Å². The summed E-state index contributed by atoms with van der Waals surface area (Å²) in [7, 11) is 0. The van der Waals surface area contributed by atoms with E-state index >= 15 is 0 Å². The van der Waals surface area contributed by atoms with Crippen LogP contribution in [0.4, 0.5) is 0 Å². The van der Waals surface area contributed by atoms with Crippen molar-refractivity contribution in [1.29, 1.82) is 0 Å². The smallest absolute Gasteiger partial charge is 0.176 e. The molecule has 0 spiro atoms. The zero-order valence-corrected chi connectivity index (χ0v) is 12.3. The highest BCUT2D eigenvalue weighted by Crippen LogP contribution is 2.28. The van der Waals surface area contributed by atoms with E-state index in [2.05, 4.69) is 10.2 Å². The zero-order chi connectivity index (χ0) is 13.1. The predicted molar refractivity (Wildman–Crippen MR) is 75.7 cm³/mol. The standard InChI is InChI=1S/C12H11ClN2OS2/c1-7(17-12-15-14-8(2)18-12)11(16)9-4-3-5-10(13)6-9/h3-7H,1-2H3. The molecule has 0 N–H and O–H groups in total. The van der Waals surface area contributed by atoms with E-state index in [-0.39, 0.29) is 11.0 Å². The molecule has 0 saturated heterocycles. The Bertz CT molecular complexity index is 571. The van der Waals surface area contributed by atoms with Crippen LogP contribution >= 0.6 is 34.7 Å². The largest absolute Gasteiger partial charge is 0.293 e. The van der Waals surface area contributed by atoms with E-state index in [1.807, 2.05) is 13.8 Å². The van der Waals surface area contributed by atoms with Crippen LogP contribution in [0.3, 0.4) is 0 Å². The number of benzene rings is 1. The molecule has 2 rings (SSSR count). The van der Waals surface area contributed by atoms with Crippen molar-refractivity contribution in [3.05, 3.63) is 39.9 Å². The van der Waals surface area contributed by atoms with Gasteiger partial charge in [-0.15, -0.1) is 10.2 Å². The van der Waals surface area contributed by atoms with Crippen LogP contribution in [0.1, 0.15) is 22.3 Å². The molecule has 6 heteroatoms. The lowest BCUT2D eigenvalue weighted by Gasteiger charge is -2.07. The number of rotatable bonds is 4. The van der Waals surface area contributed by atoms with E-state index in [1.165, 1.54) is 23.1 Å². The Kier molecular flexibility index (Phi) is 4.37. The van der Waals surface area contributed by atoms with Crippen molar-refractivity contribution >= 4 is 40.5 Å². The maximum atomic E-state index is 12.2. The van der Waals surface area contributed by atoms with Crippen LogP contribution in [0.15, 0.2) is 28.6 Å². The normalized spacial score (nSPS) is 12.4. The van der Waals surface area contributed by atoms with Crippen LogP contribution in [-0.2, 0) is 0 Å². The fourth-order valence-electron chi connectivity index (χ4n) is 1.41. The molecule has 2 aromatic rings. The molecular formula is C12H11ClN2OS2. The third kappa shape index (κ3) is 3.31. The molecule has 1 heterocycles. The molecule has 94 valence electrons. The molecule has 0 aliphatic heterocycles. The molecule has 3 nitrogen and oxygen atoms in total. The topological polar surface area (TPSA) is 42.9 Å². The first-order chi connectivity index (χ1) is 8.56. The number of hydrogen-bond donors (Lipinski definition) is 0. The fraction of sp³-hybridized carbons (Fsp3) is 0.250. The SMILES string of the molecule is Cc1nnc(SC(C)C(=O)c2cccc(Cl)c2)s1. The van der Waals surface area contributed by atoms with Crippen molar-refractivity contribution in [3.63, 3.8) is 0 Å². The van der Waals surface area contributed by atoms with Gasteiger partial charge >= 0.3 is 0 Å². The molecule has 0 radical (unpaired) electrons. The maximum absolute atomic E-state index is 12.2. The minimum Gasteiger partial charge on any atom is -0.293 e. The van der Waals surface area contributed by atoms with Gasteiger partial charge < -0.3 is 0 Å². The number of hydrogen-bond acceptors (Lipinski definition) is 5. The molecule has 0 fully saturated rings. The number of thioether (sulfide) groups is 1. The molecule has 1 aromatic carbocycles. The lowest BCUT2D eigenvalue weighted by atomic mass is 10.1. The van der Waals surface area contributed by atoms with E-state index < -0.39 is 0 Å². The predicted octanol–water partition coefficient (Wildman–Crippen LogP) is 3.86. The summed E-state index contributed by atoms with van der Waals surface area (Å²) in [6, 6.07) is 7.00. The average molecular weight is 299 g/mol. The van der Waals surface area contributed by atoms with Crippen molar-refractivity contribution in [1.82, 2.24) is 10.2 Å². The summed E-state index contributed by atoms with van der Waals surface area (Å²) in [6.07, 6.45) is 0. The van der Waals surface area contributed by atoms with Gasteiger partial charge in [0.15, 0.2) is 10.1 Å². The van der Waals surface area contributed by atoms with Crippen molar-refractivity contribution in [2.24, 2.45) is 0 Å². The molecule has 1 unspecified atom stereocenters. The van der Waals surface area contributed by atoms with Crippen LogP contribution < -0.4 is 0 Å². The summed E-state index contributed by atoms with van der Waals surface area (Å²) >= 11 is 8.80. The number of ketones is 1. The van der Waals surface area contributed by atoms with E-state index in [1.54, 1.807) is 24.3 Å². The zero-order valence-electron chi connectivity index (χ0n) is 9.88. The van der Waals surface area contributed by atoms with Crippen molar-refractivity contribution in [2.75, 3.05) is 0 Å². The Hall–Kier alpha value is -0.910. The minimum atomic E-state index is -0.198. The van der Waals surface area contributed by atoms with Gasteiger partial charge in [0.2, 0.25) is 0 Å². The van der Waals surface area contributed by atoms with E-state index in [4.69, 9.17) is 11.6 Å². The van der Waals surface area contributed by atoms with Crippen LogP contribution in [0.5, 0.6) is 0 Å². The maximum Gasteiger partial charge on any atom is 0.176 e. The van der Waals surface area contributed by atoms with Crippen molar-refractivity contribution in [2.45, 2.75) is 23.4 Å². The summed E-state index contributed by atoms with van der Waals surface area (Å²) in [5, 5.41) is 9.21. The third-order valence-corrected chi connectivity index (χ3v) is 4.52. The molecular weight excluding hydrogens is 288 g/mol. The second kappa shape index (κ2) is 5.82. The molecule has 0 amide bonds. The van der Waals surface area contributed by atoms with Gasteiger partial charge in [-0.3, -0.25) is 4.79 Å². The number of Topliss-reactive ketones (excluding diaryl/α,β-unsaturated/α-hetero) is 1. The second-order valence-electron chi connectivity index (χ2n) is 3.72. The van der Waals surface area contributed by atoms with E-state index in [0.717, 1.165) is 9.35 Å². The highest BCUT2D eigenvalue weighted by molar-refractivity contribution is 8.02. The summed E-state index contributed by atoms with van der Waals surface area (Å²) in [5.41, 5.74) is 0.628. The molecule has 1 atom stereocenters. The monoisotopic (exact) mass is 298 g/mol. The third-order valence-electron chi connectivity index (χ3n) is 2.26. The van der Waals surface area contributed by atoms with Gasteiger partial charge in [-0.05, 0) is 26.0 Å². The average Bonchev–Trinajstić information content (AvgIpc) is 2.73. The van der Waals surface area contributed by atoms with Gasteiger partial charge in [-0.2, -0.15) is 0 Å². The van der Waals surface area contributed by atoms with Crippen molar-refractivity contribution < 1.29 is 4.79 Å². The van der Waals surface area contributed by atoms with Gasteiger partial charge in [-0.1, -0.05) is 46.8 Å². The van der Waals surface area contributed by atoms with Crippen LogP contribution in [0.25, 0.3) is 0 Å². The Morgan fingerprint density at radius 3 is 2.83 bits per heavy atom. The Labute approximate surface area is 119 Å². The molecule has 0 aliphatic carbocycles. The van der Waals surface area contributed by atoms with Gasteiger partial charge in [-0.25, -0.2) is 0 Å². The first kappa shape index (κ1) is 13.5. The summed E-state index contributed by atoms with van der Waals surface area (Å²) in [5.74, 6) is 0.0513. The first-order valence-corrected chi connectivity index (χ1v) is 7.40. The van der Waals surface area contributed by atoms with Gasteiger partial charge in [0, 0.05) is 10.6 Å². The minimum absolute atomic E-state index is 0.0513. The van der Waals surface area contributed by atoms with Crippen LogP contribution in [0.2, 0.25) is 5.02 Å². The first-order valence-electron chi connectivity index (χ1n) is 5.33. The molecule has 1 aromatic heterocycles. The number of nitrogens with zero attached hydrogens (tertiary/aromatic N) is 2.